The molecule has 0 saturated carbocycles. The number of carboxylic acid groups (broad SMARTS) is 1. The second-order valence-electron chi connectivity index (χ2n) is 10.4. The van der Waals surface area contributed by atoms with E-state index in [-0.39, 0.29) is 6.10 Å². The van der Waals surface area contributed by atoms with Crippen molar-refractivity contribution in [3.8, 4) is 5.75 Å². The number of aryl methyl sites for hydroxylation is 3. The van der Waals surface area contributed by atoms with Crippen molar-refractivity contribution in [2.45, 2.75) is 38.4 Å². The van der Waals surface area contributed by atoms with E-state index in [1.165, 1.54) is 34.9 Å². The Bertz CT molecular complexity index is 1490. The third-order valence-corrected chi connectivity index (χ3v) is 7.49. The fraction of sp³-hybridized carbons (Fsp3) is 0.250. The first kappa shape index (κ1) is 28.3. The second-order valence-corrected chi connectivity index (χ2v) is 10.4. The molecule has 210 valence electrons. The van der Waals surface area contributed by atoms with E-state index < -0.39 is 12.1 Å². The van der Waals surface area contributed by atoms with Crippen LogP contribution >= 0.6 is 0 Å². The normalized spacial score (nSPS) is 14.5. The monoisotopic (exact) mass is 548 g/mol. The van der Waals surface area contributed by atoms with Gasteiger partial charge in [0.05, 0.1) is 6.61 Å². The maximum absolute atomic E-state index is 11.2. The van der Waals surface area contributed by atoms with Crippen LogP contribution in [0.1, 0.15) is 50.6 Å². The Balaban J connectivity index is 1.26. The van der Waals surface area contributed by atoms with Crippen molar-refractivity contribution < 1.29 is 24.1 Å². The zero-order valence-electron chi connectivity index (χ0n) is 23.6. The highest BCUT2D eigenvalue weighted by atomic mass is 16.5. The molecule has 0 amide bonds. The topological polar surface area (TPSA) is 65.0 Å². The molecule has 2 atom stereocenters. The number of aliphatic carboxylic acids is 1. The average molecular weight is 549 g/mol. The van der Waals surface area contributed by atoms with E-state index in [0.717, 1.165) is 29.5 Å². The first-order valence-corrected chi connectivity index (χ1v) is 14.0. The van der Waals surface area contributed by atoms with Gasteiger partial charge in [-0.3, -0.25) is 0 Å². The lowest BCUT2D eigenvalue weighted by Crippen LogP contribution is -2.24. The predicted molar refractivity (Wildman–Crippen MR) is 162 cm³/mol. The van der Waals surface area contributed by atoms with Gasteiger partial charge in [-0.05, 0) is 70.8 Å². The molecule has 5 nitrogen and oxygen atoms in total. The molecule has 4 aromatic carbocycles. The van der Waals surface area contributed by atoms with Crippen molar-refractivity contribution in [1.29, 1.82) is 0 Å². The Morgan fingerprint density at radius 3 is 2.15 bits per heavy atom. The largest absolute Gasteiger partial charge is 0.491 e. The summed E-state index contributed by atoms with van der Waals surface area (Å²) < 4.78 is 17.5. The van der Waals surface area contributed by atoms with Gasteiger partial charge >= 0.3 is 5.97 Å². The predicted octanol–water partition coefficient (Wildman–Crippen LogP) is 7.09. The van der Waals surface area contributed by atoms with Crippen LogP contribution in [0.4, 0.5) is 0 Å². The molecule has 0 spiro atoms. The standard InChI is InChI=1S/C36H36O5/c1-25-8-18-32-29(22-25)14-15-30-23-27(10-9-26-6-4-3-5-7-26)13-19-33(30)35(32)41-21-20-40-31-16-11-28(12-17-31)24-34(39-2)36(37)38/h3-8,11-19,22-23,34-35H,9-10,20-21,24H2,1-2H3,(H,37,38). The minimum atomic E-state index is -0.972. The lowest BCUT2D eigenvalue weighted by atomic mass is 9.93. The lowest BCUT2D eigenvalue weighted by Gasteiger charge is -2.22. The first-order valence-electron chi connectivity index (χ1n) is 14.0. The van der Waals surface area contributed by atoms with Crippen LogP contribution in [-0.2, 0) is 33.5 Å². The number of methoxy groups -OCH3 is 1. The molecular weight excluding hydrogens is 512 g/mol. The van der Waals surface area contributed by atoms with E-state index in [1.54, 1.807) is 0 Å². The molecule has 0 fully saturated rings. The fourth-order valence-corrected chi connectivity index (χ4v) is 5.23. The molecule has 41 heavy (non-hydrogen) atoms. The maximum Gasteiger partial charge on any atom is 0.333 e. The number of rotatable bonds is 12. The molecule has 0 radical (unpaired) electrons. The third kappa shape index (κ3) is 7.31. The summed E-state index contributed by atoms with van der Waals surface area (Å²) in [5.41, 5.74) is 9.40. The minimum absolute atomic E-state index is 0.202. The van der Waals surface area contributed by atoms with Crippen LogP contribution in [0, 0.1) is 6.92 Å². The molecule has 5 heteroatoms. The van der Waals surface area contributed by atoms with E-state index in [4.69, 9.17) is 14.2 Å². The number of hydrogen-bond acceptors (Lipinski definition) is 4. The highest BCUT2D eigenvalue weighted by Gasteiger charge is 2.23. The van der Waals surface area contributed by atoms with E-state index in [1.807, 2.05) is 24.3 Å². The Morgan fingerprint density at radius 1 is 0.780 bits per heavy atom. The molecule has 5 rings (SSSR count). The smallest absolute Gasteiger partial charge is 0.333 e. The zero-order chi connectivity index (χ0) is 28.6. The van der Waals surface area contributed by atoms with E-state index in [9.17, 15) is 9.90 Å². The number of ether oxygens (including phenoxy) is 3. The molecule has 0 saturated heterocycles. The Kier molecular flexibility index (Phi) is 9.29. The summed E-state index contributed by atoms with van der Waals surface area (Å²) in [5.74, 6) is -0.260. The van der Waals surface area contributed by atoms with Crippen LogP contribution in [0.25, 0.3) is 12.2 Å². The van der Waals surface area contributed by atoms with Crippen molar-refractivity contribution in [3.05, 3.63) is 136 Å². The van der Waals surface area contributed by atoms with Gasteiger partial charge in [-0.2, -0.15) is 0 Å². The van der Waals surface area contributed by atoms with Gasteiger partial charge < -0.3 is 19.3 Å². The van der Waals surface area contributed by atoms with Crippen LogP contribution in [0.5, 0.6) is 5.75 Å². The summed E-state index contributed by atoms with van der Waals surface area (Å²) in [7, 11) is 1.41. The Morgan fingerprint density at radius 2 is 1.44 bits per heavy atom. The zero-order valence-corrected chi connectivity index (χ0v) is 23.6. The number of carboxylic acids is 1. The van der Waals surface area contributed by atoms with Gasteiger partial charge in [0.15, 0.2) is 6.10 Å². The van der Waals surface area contributed by atoms with Gasteiger partial charge in [-0.25, -0.2) is 4.79 Å². The highest BCUT2D eigenvalue weighted by Crippen LogP contribution is 2.36. The molecule has 1 aliphatic rings. The lowest BCUT2D eigenvalue weighted by molar-refractivity contribution is -0.148. The fourth-order valence-electron chi connectivity index (χ4n) is 5.23. The molecule has 0 bridgehead atoms. The van der Waals surface area contributed by atoms with Crippen LogP contribution in [-0.4, -0.2) is 37.5 Å². The summed E-state index contributed by atoms with van der Waals surface area (Å²) >= 11 is 0. The van der Waals surface area contributed by atoms with Crippen molar-refractivity contribution in [1.82, 2.24) is 0 Å². The minimum Gasteiger partial charge on any atom is -0.491 e. The number of fused-ring (bicyclic) bond motifs is 2. The van der Waals surface area contributed by atoms with Crippen molar-refractivity contribution in [2.24, 2.45) is 0 Å². The Labute approximate surface area is 242 Å². The summed E-state index contributed by atoms with van der Waals surface area (Å²) in [6, 6.07) is 31.3. The van der Waals surface area contributed by atoms with Crippen LogP contribution < -0.4 is 4.74 Å². The number of carbonyl (C=O) groups is 1. The molecule has 4 aromatic rings. The highest BCUT2D eigenvalue weighted by molar-refractivity contribution is 5.76. The van der Waals surface area contributed by atoms with Crippen LogP contribution in [0.15, 0.2) is 91.0 Å². The van der Waals surface area contributed by atoms with Gasteiger partial charge in [-0.15, -0.1) is 0 Å². The van der Waals surface area contributed by atoms with Gasteiger partial charge in [0.2, 0.25) is 0 Å². The molecule has 2 unspecified atom stereocenters. The van der Waals surface area contributed by atoms with Gasteiger partial charge in [0.25, 0.3) is 0 Å². The molecule has 1 N–H and O–H groups in total. The van der Waals surface area contributed by atoms with Crippen molar-refractivity contribution in [2.75, 3.05) is 20.3 Å². The summed E-state index contributed by atoms with van der Waals surface area (Å²) in [6.07, 6.45) is 5.63. The summed E-state index contributed by atoms with van der Waals surface area (Å²) in [5, 5.41) is 9.21. The van der Waals surface area contributed by atoms with Gasteiger partial charge in [0, 0.05) is 13.5 Å². The number of benzene rings is 4. The molecule has 0 aromatic heterocycles. The summed E-state index contributed by atoms with van der Waals surface area (Å²) in [4.78, 5) is 11.2. The van der Waals surface area contributed by atoms with E-state index >= 15 is 0 Å². The van der Waals surface area contributed by atoms with Crippen molar-refractivity contribution in [3.63, 3.8) is 0 Å². The molecule has 0 aliphatic heterocycles. The summed E-state index contributed by atoms with van der Waals surface area (Å²) in [6.45, 7) is 2.92. The quantitative estimate of drug-likeness (QED) is 0.192. The first-order chi connectivity index (χ1) is 20.0. The molecule has 1 aliphatic carbocycles. The SMILES string of the molecule is COC(Cc1ccc(OCCOC2c3ccc(C)cc3C=Cc3cc(CCc4ccccc4)ccc32)cc1)C(=O)O. The maximum atomic E-state index is 11.2. The van der Waals surface area contributed by atoms with Crippen LogP contribution in [0.2, 0.25) is 0 Å². The van der Waals surface area contributed by atoms with E-state index in [0.29, 0.717) is 25.4 Å². The second kappa shape index (κ2) is 13.4. The Hall–Kier alpha value is -4.19. The van der Waals surface area contributed by atoms with Gasteiger partial charge in [0.1, 0.15) is 18.5 Å². The molecule has 0 heterocycles. The molecular formula is C36H36O5. The average Bonchev–Trinajstić information content (AvgIpc) is 3.14. The van der Waals surface area contributed by atoms with E-state index in [2.05, 4.69) is 85.8 Å². The third-order valence-electron chi connectivity index (χ3n) is 7.49. The van der Waals surface area contributed by atoms with Crippen LogP contribution in [0.3, 0.4) is 0 Å². The van der Waals surface area contributed by atoms with Gasteiger partial charge in [-0.1, -0.05) is 96.6 Å². The number of hydrogen-bond donors (Lipinski definition) is 1. The van der Waals surface area contributed by atoms with Crippen molar-refractivity contribution >= 4 is 18.1 Å².